The number of rotatable bonds is 4. The van der Waals surface area contributed by atoms with Gasteiger partial charge < -0.3 is 5.32 Å². The van der Waals surface area contributed by atoms with Gasteiger partial charge in [0.05, 0.1) is 0 Å². The van der Waals surface area contributed by atoms with Crippen molar-refractivity contribution in [3.8, 4) is 0 Å². The van der Waals surface area contributed by atoms with Gasteiger partial charge in [0, 0.05) is 30.4 Å². The van der Waals surface area contributed by atoms with E-state index < -0.39 is 0 Å². The highest BCUT2D eigenvalue weighted by Gasteiger charge is 1.98. The average Bonchev–Trinajstić information content (AvgIpc) is 2.66. The summed E-state index contributed by atoms with van der Waals surface area (Å²) in [5, 5.41) is 5.55. The van der Waals surface area contributed by atoms with Crippen LogP contribution in [0.3, 0.4) is 0 Å². The smallest absolute Gasteiger partial charge is 0.0312 e. The first-order valence-corrected chi connectivity index (χ1v) is 5.87. The molecule has 2 heterocycles. The maximum atomic E-state index is 4.08. The molecule has 1 N–H and O–H groups in total. The molecule has 0 atom stereocenters. The second-order valence-corrected chi connectivity index (χ2v) is 4.49. The number of nitrogens with zero attached hydrogens (tertiary/aromatic N) is 1. The Morgan fingerprint density at radius 3 is 2.81 bits per heavy atom. The summed E-state index contributed by atoms with van der Waals surface area (Å²) >= 11 is 1.81. The SMILES string of the molecule is Cc1ccsc1CNCc1cccnc1.Cl. The summed E-state index contributed by atoms with van der Waals surface area (Å²) in [4.78, 5) is 5.50. The summed E-state index contributed by atoms with van der Waals surface area (Å²) < 4.78 is 0. The highest BCUT2D eigenvalue weighted by molar-refractivity contribution is 7.10. The van der Waals surface area contributed by atoms with Gasteiger partial charge in [0.2, 0.25) is 0 Å². The van der Waals surface area contributed by atoms with E-state index in [4.69, 9.17) is 0 Å². The Balaban J connectivity index is 0.00000128. The summed E-state index contributed by atoms with van der Waals surface area (Å²) in [5.74, 6) is 0. The van der Waals surface area contributed by atoms with Gasteiger partial charge >= 0.3 is 0 Å². The normalized spacial score (nSPS) is 9.81. The topological polar surface area (TPSA) is 24.9 Å². The van der Waals surface area contributed by atoms with Crippen molar-refractivity contribution >= 4 is 23.7 Å². The number of pyridine rings is 1. The minimum absolute atomic E-state index is 0. The van der Waals surface area contributed by atoms with Crippen LogP contribution >= 0.6 is 23.7 Å². The standard InChI is InChI=1S/C12H14N2S.ClH/c1-10-4-6-15-12(10)9-14-8-11-3-2-5-13-7-11;/h2-7,14H,8-9H2,1H3;1H. The van der Waals surface area contributed by atoms with Crippen LogP contribution in [0.1, 0.15) is 16.0 Å². The molecule has 0 unspecified atom stereocenters. The number of nitrogens with one attached hydrogen (secondary N) is 1. The van der Waals surface area contributed by atoms with Crippen LogP contribution in [-0.2, 0) is 13.1 Å². The van der Waals surface area contributed by atoms with Crippen LogP contribution in [0.5, 0.6) is 0 Å². The molecule has 0 aliphatic rings. The van der Waals surface area contributed by atoms with Crippen LogP contribution in [-0.4, -0.2) is 4.98 Å². The molecule has 0 aliphatic carbocycles. The zero-order valence-corrected chi connectivity index (χ0v) is 10.8. The van der Waals surface area contributed by atoms with Crippen molar-refractivity contribution in [3.63, 3.8) is 0 Å². The quantitative estimate of drug-likeness (QED) is 0.907. The van der Waals surface area contributed by atoms with Crippen molar-refractivity contribution in [3.05, 3.63) is 52.0 Å². The molecule has 16 heavy (non-hydrogen) atoms. The molecule has 0 amide bonds. The van der Waals surface area contributed by atoms with Gasteiger partial charge in [0.1, 0.15) is 0 Å². The lowest BCUT2D eigenvalue weighted by Crippen LogP contribution is -2.12. The lowest BCUT2D eigenvalue weighted by molar-refractivity contribution is 0.696. The van der Waals surface area contributed by atoms with E-state index >= 15 is 0 Å². The van der Waals surface area contributed by atoms with Gasteiger partial charge in [-0.05, 0) is 35.6 Å². The molecule has 0 saturated carbocycles. The zero-order valence-electron chi connectivity index (χ0n) is 9.14. The van der Waals surface area contributed by atoms with Gasteiger partial charge in [-0.3, -0.25) is 4.98 Å². The van der Waals surface area contributed by atoms with Crippen LogP contribution in [0.15, 0.2) is 36.0 Å². The second kappa shape index (κ2) is 6.63. The van der Waals surface area contributed by atoms with Crippen molar-refractivity contribution in [1.82, 2.24) is 10.3 Å². The van der Waals surface area contributed by atoms with E-state index in [1.807, 2.05) is 12.3 Å². The summed E-state index contributed by atoms with van der Waals surface area (Å²) in [6.07, 6.45) is 3.70. The fourth-order valence-corrected chi connectivity index (χ4v) is 2.28. The van der Waals surface area contributed by atoms with E-state index in [0.717, 1.165) is 13.1 Å². The van der Waals surface area contributed by atoms with E-state index in [1.165, 1.54) is 16.0 Å². The largest absolute Gasteiger partial charge is 0.308 e. The van der Waals surface area contributed by atoms with E-state index in [2.05, 4.69) is 34.7 Å². The Morgan fingerprint density at radius 2 is 2.19 bits per heavy atom. The molecule has 4 heteroatoms. The maximum absolute atomic E-state index is 4.08. The van der Waals surface area contributed by atoms with Crippen LogP contribution in [0.2, 0.25) is 0 Å². The molecule has 0 radical (unpaired) electrons. The molecule has 0 saturated heterocycles. The molecular formula is C12H15ClN2S. The molecule has 0 bridgehead atoms. The van der Waals surface area contributed by atoms with Crippen molar-refractivity contribution in [2.75, 3.05) is 0 Å². The van der Waals surface area contributed by atoms with E-state index in [9.17, 15) is 0 Å². The third kappa shape index (κ3) is 3.59. The Bertz CT molecular complexity index is 414. The molecule has 0 spiro atoms. The number of aromatic nitrogens is 1. The highest BCUT2D eigenvalue weighted by atomic mass is 35.5. The lowest BCUT2D eigenvalue weighted by atomic mass is 10.2. The molecular weight excluding hydrogens is 240 g/mol. The monoisotopic (exact) mass is 254 g/mol. The molecule has 0 aliphatic heterocycles. The first kappa shape index (κ1) is 13.2. The molecule has 86 valence electrons. The van der Waals surface area contributed by atoms with Gasteiger partial charge in [-0.2, -0.15) is 0 Å². The molecule has 2 aromatic rings. The Kier molecular flexibility index (Phi) is 5.46. The molecule has 0 aromatic carbocycles. The molecule has 0 fully saturated rings. The third-order valence-electron chi connectivity index (χ3n) is 2.31. The van der Waals surface area contributed by atoms with Gasteiger partial charge in [-0.1, -0.05) is 6.07 Å². The van der Waals surface area contributed by atoms with Crippen LogP contribution in [0, 0.1) is 6.92 Å². The van der Waals surface area contributed by atoms with Crippen molar-refractivity contribution in [2.45, 2.75) is 20.0 Å². The number of halogens is 1. The first-order valence-electron chi connectivity index (χ1n) is 4.99. The van der Waals surface area contributed by atoms with Crippen LogP contribution < -0.4 is 5.32 Å². The first-order chi connectivity index (χ1) is 7.36. The van der Waals surface area contributed by atoms with Crippen LogP contribution in [0.4, 0.5) is 0 Å². The van der Waals surface area contributed by atoms with Crippen molar-refractivity contribution in [1.29, 1.82) is 0 Å². The molecule has 2 nitrogen and oxygen atoms in total. The fraction of sp³-hybridized carbons (Fsp3) is 0.250. The second-order valence-electron chi connectivity index (χ2n) is 3.49. The summed E-state index contributed by atoms with van der Waals surface area (Å²) in [5.41, 5.74) is 2.60. The number of thiophene rings is 1. The lowest BCUT2D eigenvalue weighted by Gasteiger charge is -2.03. The number of hydrogen-bond acceptors (Lipinski definition) is 3. The highest BCUT2D eigenvalue weighted by Crippen LogP contribution is 2.14. The summed E-state index contributed by atoms with van der Waals surface area (Å²) in [7, 11) is 0. The minimum Gasteiger partial charge on any atom is -0.308 e. The Labute approximate surface area is 106 Å². The summed E-state index contributed by atoms with van der Waals surface area (Å²) in [6, 6.07) is 6.21. The van der Waals surface area contributed by atoms with Crippen LogP contribution in [0.25, 0.3) is 0 Å². The zero-order chi connectivity index (χ0) is 10.5. The number of hydrogen-bond donors (Lipinski definition) is 1. The molecule has 2 aromatic heterocycles. The van der Waals surface area contributed by atoms with Gasteiger partial charge in [0.15, 0.2) is 0 Å². The Morgan fingerprint density at radius 1 is 1.31 bits per heavy atom. The fourth-order valence-electron chi connectivity index (χ4n) is 1.41. The third-order valence-corrected chi connectivity index (χ3v) is 3.33. The van der Waals surface area contributed by atoms with Gasteiger partial charge in [0.25, 0.3) is 0 Å². The maximum Gasteiger partial charge on any atom is 0.0312 e. The van der Waals surface area contributed by atoms with Crippen molar-refractivity contribution in [2.24, 2.45) is 0 Å². The number of aryl methyl sites for hydroxylation is 1. The average molecular weight is 255 g/mol. The summed E-state index contributed by atoms with van der Waals surface area (Å²) in [6.45, 7) is 3.97. The minimum atomic E-state index is 0. The van der Waals surface area contributed by atoms with Crippen molar-refractivity contribution < 1.29 is 0 Å². The van der Waals surface area contributed by atoms with Gasteiger partial charge in [-0.25, -0.2) is 0 Å². The van der Waals surface area contributed by atoms with E-state index in [0.29, 0.717) is 0 Å². The predicted octanol–water partition coefficient (Wildman–Crippen LogP) is 3.16. The van der Waals surface area contributed by atoms with E-state index in [1.54, 1.807) is 17.5 Å². The molecule has 2 rings (SSSR count). The van der Waals surface area contributed by atoms with E-state index in [-0.39, 0.29) is 12.4 Å². The predicted molar refractivity (Wildman–Crippen MR) is 71.1 cm³/mol. The Hall–Kier alpha value is -0.900. The van der Waals surface area contributed by atoms with Gasteiger partial charge in [-0.15, -0.1) is 23.7 Å².